The zero-order valence-electron chi connectivity index (χ0n) is 13.6. The lowest BCUT2D eigenvalue weighted by atomic mass is 10.0. The SMILES string of the molecule is COc1ccc2c(c1)CCCN2Cc1nnnn1-c1ccccc1. The Morgan fingerprint density at radius 2 is 2.00 bits per heavy atom. The molecule has 0 spiro atoms. The lowest BCUT2D eigenvalue weighted by Crippen LogP contribution is -2.30. The molecule has 0 aliphatic carbocycles. The summed E-state index contributed by atoms with van der Waals surface area (Å²) in [5.41, 5.74) is 3.54. The van der Waals surface area contributed by atoms with Crippen molar-refractivity contribution in [1.82, 2.24) is 20.2 Å². The van der Waals surface area contributed by atoms with Crippen LogP contribution in [-0.4, -0.2) is 33.9 Å². The second-order valence-corrected chi connectivity index (χ2v) is 5.86. The van der Waals surface area contributed by atoms with Crippen LogP contribution in [0.1, 0.15) is 17.8 Å². The van der Waals surface area contributed by atoms with E-state index in [9.17, 15) is 0 Å². The van der Waals surface area contributed by atoms with Crippen molar-refractivity contribution in [1.29, 1.82) is 0 Å². The molecule has 3 aromatic rings. The smallest absolute Gasteiger partial charge is 0.175 e. The number of nitrogens with zero attached hydrogens (tertiary/aromatic N) is 5. The summed E-state index contributed by atoms with van der Waals surface area (Å²) in [4.78, 5) is 2.34. The molecule has 0 fully saturated rings. The maximum atomic E-state index is 5.34. The molecule has 6 heteroatoms. The molecule has 0 bridgehead atoms. The van der Waals surface area contributed by atoms with Crippen LogP contribution < -0.4 is 9.64 Å². The van der Waals surface area contributed by atoms with Crippen LogP contribution in [0.2, 0.25) is 0 Å². The predicted octanol–water partition coefficient (Wildman–Crippen LogP) is 2.62. The monoisotopic (exact) mass is 321 g/mol. The largest absolute Gasteiger partial charge is 0.497 e. The topological polar surface area (TPSA) is 56.1 Å². The Hall–Kier alpha value is -2.89. The number of aromatic nitrogens is 4. The van der Waals surface area contributed by atoms with Gasteiger partial charge in [0.25, 0.3) is 0 Å². The molecule has 0 saturated carbocycles. The first-order chi connectivity index (χ1) is 11.8. The van der Waals surface area contributed by atoms with Crippen molar-refractivity contribution < 1.29 is 4.74 Å². The van der Waals surface area contributed by atoms with Crippen LogP contribution >= 0.6 is 0 Å². The minimum Gasteiger partial charge on any atom is -0.497 e. The van der Waals surface area contributed by atoms with E-state index in [4.69, 9.17) is 4.74 Å². The van der Waals surface area contributed by atoms with Crippen molar-refractivity contribution in [3.63, 3.8) is 0 Å². The quantitative estimate of drug-likeness (QED) is 0.739. The summed E-state index contributed by atoms with van der Waals surface area (Å²) in [5, 5.41) is 12.2. The number of anilines is 1. The van der Waals surface area contributed by atoms with E-state index < -0.39 is 0 Å². The number of para-hydroxylation sites is 1. The summed E-state index contributed by atoms with van der Waals surface area (Å²) in [5.74, 6) is 1.74. The number of rotatable bonds is 4. The van der Waals surface area contributed by atoms with Gasteiger partial charge in [-0.1, -0.05) is 18.2 Å². The molecular formula is C18H19N5O. The number of fused-ring (bicyclic) bond motifs is 1. The first-order valence-corrected chi connectivity index (χ1v) is 8.10. The van der Waals surface area contributed by atoms with E-state index in [2.05, 4.69) is 32.6 Å². The first-order valence-electron chi connectivity index (χ1n) is 8.10. The van der Waals surface area contributed by atoms with Gasteiger partial charge < -0.3 is 9.64 Å². The molecule has 1 aliphatic heterocycles. The number of methoxy groups -OCH3 is 1. The highest BCUT2D eigenvalue weighted by atomic mass is 16.5. The Morgan fingerprint density at radius 1 is 1.12 bits per heavy atom. The fraction of sp³-hybridized carbons (Fsp3) is 0.278. The van der Waals surface area contributed by atoms with Crippen LogP contribution in [0.3, 0.4) is 0 Å². The minimum atomic E-state index is 0.682. The molecule has 4 rings (SSSR count). The molecule has 122 valence electrons. The van der Waals surface area contributed by atoms with Crippen LogP contribution in [0.4, 0.5) is 5.69 Å². The van der Waals surface area contributed by atoms with Gasteiger partial charge in [0.2, 0.25) is 0 Å². The third kappa shape index (κ3) is 2.71. The molecule has 0 N–H and O–H groups in total. The average Bonchev–Trinajstić information content (AvgIpc) is 3.10. The van der Waals surface area contributed by atoms with Crippen molar-refractivity contribution in [3.05, 3.63) is 59.9 Å². The van der Waals surface area contributed by atoms with E-state index >= 15 is 0 Å². The zero-order chi connectivity index (χ0) is 16.4. The van der Waals surface area contributed by atoms with E-state index in [1.807, 2.05) is 36.4 Å². The van der Waals surface area contributed by atoms with Gasteiger partial charge in [0.15, 0.2) is 5.82 Å². The van der Waals surface area contributed by atoms with Gasteiger partial charge >= 0.3 is 0 Å². The van der Waals surface area contributed by atoms with Crippen molar-refractivity contribution in [2.75, 3.05) is 18.6 Å². The number of aryl methyl sites for hydroxylation is 1. The van der Waals surface area contributed by atoms with E-state index in [0.29, 0.717) is 6.54 Å². The second-order valence-electron chi connectivity index (χ2n) is 5.86. The van der Waals surface area contributed by atoms with Crippen molar-refractivity contribution in [2.45, 2.75) is 19.4 Å². The molecular weight excluding hydrogens is 302 g/mol. The Balaban J connectivity index is 1.63. The summed E-state index contributed by atoms with van der Waals surface area (Å²) in [7, 11) is 1.70. The third-order valence-corrected chi connectivity index (χ3v) is 4.37. The van der Waals surface area contributed by atoms with Gasteiger partial charge in [-0.25, -0.2) is 0 Å². The zero-order valence-corrected chi connectivity index (χ0v) is 13.6. The van der Waals surface area contributed by atoms with Gasteiger partial charge in [0.05, 0.1) is 19.3 Å². The molecule has 2 aromatic carbocycles. The minimum absolute atomic E-state index is 0.682. The molecule has 2 heterocycles. The summed E-state index contributed by atoms with van der Waals surface area (Å²) in [6.45, 7) is 1.68. The fourth-order valence-electron chi connectivity index (χ4n) is 3.19. The summed E-state index contributed by atoms with van der Waals surface area (Å²) < 4.78 is 7.15. The Morgan fingerprint density at radius 3 is 2.83 bits per heavy atom. The van der Waals surface area contributed by atoms with E-state index in [0.717, 1.165) is 36.6 Å². The predicted molar refractivity (Wildman–Crippen MR) is 91.5 cm³/mol. The number of benzene rings is 2. The van der Waals surface area contributed by atoms with E-state index in [1.54, 1.807) is 11.8 Å². The molecule has 0 atom stereocenters. The molecule has 1 aliphatic rings. The van der Waals surface area contributed by atoms with Crippen molar-refractivity contribution in [3.8, 4) is 11.4 Å². The van der Waals surface area contributed by atoms with Crippen molar-refractivity contribution >= 4 is 5.69 Å². The summed E-state index contributed by atoms with van der Waals surface area (Å²) in [6.07, 6.45) is 2.19. The molecule has 6 nitrogen and oxygen atoms in total. The first kappa shape index (κ1) is 14.7. The van der Waals surface area contributed by atoms with Crippen LogP contribution in [0.5, 0.6) is 5.75 Å². The second kappa shape index (κ2) is 6.31. The lowest BCUT2D eigenvalue weighted by molar-refractivity contribution is 0.414. The van der Waals surface area contributed by atoms with Gasteiger partial charge in [-0.05, 0) is 59.2 Å². The molecule has 0 amide bonds. The average molecular weight is 321 g/mol. The molecule has 0 unspecified atom stereocenters. The van der Waals surface area contributed by atoms with Gasteiger partial charge in [-0.3, -0.25) is 0 Å². The van der Waals surface area contributed by atoms with Crippen LogP contribution in [0, 0.1) is 0 Å². The number of tetrazole rings is 1. The summed E-state index contributed by atoms with van der Waals surface area (Å²) >= 11 is 0. The normalized spacial score (nSPS) is 13.6. The maximum Gasteiger partial charge on any atom is 0.175 e. The third-order valence-electron chi connectivity index (χ3n) is 4.37. The highest BCUT2D eigenvalue weighted by Gasteiger charge is 2.20. The van der Waals surface area contributed by atoms with Gasteiger partial charge in [-0.15, -0.1) is 5.10 Å². The van der Waals surface area contributed by atoms with Crippen LogP contribution in [0.15, 0.2) is 48.5 Å². The highest BCUT2D eigenvalue weighted by molar-refractivity contribution is 5.58. The Labute approximate surface area is 140 Å². The standard InChI is InChI=1S/C18H19N5O/c1-24-16-9-10-17-14(12-16)6-5-11-22(17)13-18-19-20-21-23(18)15-7-3-2-4-8-15/h2-4,7-10,12H,5-6,11,13H2,1H3. The lowest BCUT2D eigenvalue weighted by Gasteiger charge is -2.31. The number of hydrogen-bond acceptors (Lipinski definition) is 5. The van der Waals surface area contributed by atoms with Gasteiger partial charge in [0, 0.05) is 12.2 Å². The van der Waals surface area contributed by atoms with Crippen LogP contribution in [-0.2, 0) is 13.0 Å². The fourth-order valence-corrected chi connectivity index (χ4v) is 3.19. The molecule has 1 aromatic heterocycles. The van der Waals surface area contributed by atoms with Crippen molar-refractivity contribution in [2.24, 2.45) is 0 Å². The Kier molecular flexibility index (Phi) is 3.86. The van der Waals surface area contributed by atoms with Gasteiger partial charge in [0.1, 0.15) is 5.75 Å². The number of hydrogen-bond donors (Lipinski definition) is 0. The summed E-state index contributed by atoms with van der Waals surface area (Å²) in [6, 6.07) is 16.3. The number of ether oxygens (including phenoxy) is 1. The molecule has 0 saturated heterocycles. The Bertz CT molecular complexity index is 830. The van der Waals surface area contributed by atoms with Gasteiger partial charge in [-0.2, -0.15) is 4.68 Å². The maximum absolute atomic E-state index is 5.34. The molecule has 24 heavy (non-hydrogen) atoms. The van der Waals surface area contributed by atoms with Crippen LogP contribution in [0.25, 0.3) is 5.69 Å². The van der Waals surface area contributed by atoms with E-state index in [1.165, 1.54) is 11.3 Å². The molecule has 0 radical (unpaired) electrons. The highest BCUT2D eigenvalue weighted by Crippen LogP contribution is 2.31. The van der Waals surface area contributed by atoms with E-state index in [-0.39, 0.29) is 0 Å².